The number of benzene rings is 1. The molecule has 1 aromatic rings. The molecule has 3 rings (SSSR count). The van der Waals surface area contributed by atoms with Crippen LogP contribution in [0.25, 0.3) is 0 Å². The first-order chi connectivity index (χ1) is 12.2. The number of carboxylic acids is 1. The van der Waals surface area contributed by atoms with E-state index in [2.05, 4.69) is 36.0 Å². The summed E-state index contributed by atoms with van der Waals surface area (Å²) in [7, 11) is 0. The predicted molar refractivity (Wildman–Crippen MR) is 103 cm³/mol. The van der Waals surface area contributed by atoms with Gasteiger partial charge in [0.15, 0.2) is 0 Å². The highest BCUT2D eigenvalue weighted by Crippen LogP contribution is 2.54. The normalized spacial score (nSPS) is 27.7. The molecule has 4 atom stereocenters. The van der Waals surface area contributed by atoms with Gasteiger partial charge in [-0.2, -0.15) is 11.8 Å². The highest BCUT2D eigenvalue weighted by Gasteiger charge is 2.47. The monoisotopic (exact) mass is 362 g/mol. The minimum Gasteiger partial charge on any atom is -0.481 e. The zero-order chi connectivity index (χ0) is 17.5. The number of rotatable bonds is 11. The zero-order valence-corrected chi connectivity index (χ0v) is 15.8. The maximum atomic E-state index is 10.6. The number of aliphatic carboxylic acids is 1. The predicted octanol–water partition coefficient (Wildman–Crippen LogP) is 5.14. The van der Waals surface area contributed by atoms with Gasteiger partial charge in [-0.1, -0.05) is 49.6 Å². The quantitative estimate of drug-likeness (QED) is 0.554. The van der Waals surface area contributed by atoms with Crippen LogP contribution in [0.15, 0.2) is 30.3 Å². The molecule has 0 spiro atoms. The molecule has 2 heterocycles. The van der Waals surface area contributed by atoms with Gasteiger partial charge in [0.2, 0.25) is 0 Å². The first-order valence-electron chi connectivity index (χ1n) is 9.73. The Labute approximate surface area is 155 Å². The highest BCUT2D eigenvalue weighted by molar-refractivity contribution is 8.01. The molecule has 1 aromatic carbocycles. The third-order valence-electron chi connectivity index (χ3n) is 5.69. The molecule has 4 unspecified atom stereocenters. The van der Waals surface area contributed by atoms with Crippen LogP contribution < -0.4 is 0 Å². The minimum atomic E-state index is -0.667. The van der Waals surface area contributed by atoms with Crippen molar-refractivity contribution in [1.82, 2.24) is 0 Å². The lowest BCUT2D eigenvalue weighted by atomic mass is 9.77. The molecule has 0 aromatic heterocycles. The van der Waals surface area contributed by atoms with Crippen molar-refractivity contribution in [1.29, 1.82) is 0 Å². The molecule has 0 radical (unpaired) electrons. The fraction of sp³-hybridized carbons (Fsp3) is 0.667. The van der Waals surface area contributed by atoms with Crippen molar-refractivity contribution in [3.8, 4) is 0 Å². The Morgan fingerprint density at radius 3 is 2.52 bits per heavy atom. The summed E-state index contributed by atoms with van der Waals surface area (Å²) in [6.45, 7) is 1.62. The third kappa shape index (κ3) is 5.49. The summed E-state index contributed by atoms with van der Waals surface area (Å²) in [5, 5.41) is 10.3. The second kappa shape index (κ2) is 9.63. The number of ether oxygens (including phenoxy) is 1. The van der Waals surface area contributed by atoms with Crippen molar-refractivity contribution >= 4 is 17.7 Å². The fourth-order valence-electron chi connectivity index (χ4n) is 4.40. The van der Waals surface area contributed by atoms with E-state index in [0.717, 1.165) is 42.5 Å². The van der Waals surface area contributed by atoms with Crippen LogP contribution in [0.2, 0.25) is 0 Å². The highest BCUT2D eigenvalue weighted by atomic mass is 32.2. The van der Waals surface area contributed by atoms with Crippen LogP contribution in [0.3, 0.4) is 0 Å². The summed E-state index contributed by atoms with van der Waals surface area (Å²) >= 11 is 2.21. The lowest BCUT2D eigenvalue weighted by molar-refractivity contribution is -0.137. The maximum Gasteiger partial charge on any atom is 0.303 e. The van der Waals surface area contributed by atoms with E-state index in [4.69, 9.17) is 9.84 Å². The molecule has 2 fully saturated rings. The molecule has 138 valence electrons. The van der Waals surface area contributed by atoms with E-state index in [1.807, 2.05) is 6.07 Å². The van der Waals surface area contributed by atoms with Gasteiger partial charge in [0.05, 0.1) is 13.2 Å². The molecule has 4 heteroatoms. The Kier molecular flexibility index (Phi) is 7.23. The fourth-order valence-corrected chi connectivity index (χ4v) is 6.41. The number of fused-ring (bicyclic) bond motifs is 2. The van der Waals surface area contributed by atoms with Gasteiger partial charge in [0, 0.05) is 16.9 Å². The molecule has 0 aliphatic carbocycles. The van der Waals surface area contributed by atoms with Gasteiger partial charge in [0.1, 0.15) is 0 Å². The van der Waals surface area contributed by atoms with Crippen molar-refractivity contribution in [2.75, 3.05) is 6.61 Å². The van der Waals surface area contributed by atoms with E-state index < -0.39 is 5.97 Å². The Bertz CT molecular complexity index is 533. The van der Waals surface area contributed by atoms with Crippen LogP contribution in [0.4, 0.5) is 0 Å². The summed E-state index contributed by atoms with van der Waals surface area (Å²) in [5.41, 5.74) is 1.26. The van der Waals surface area contributed by atoms with Gasteiger partial charge in [0.25, 0.3) is 0 Å². The molecule has 3 nitrogen and oxygen atoms in total. The van der Waals surface area contributed by atoms with Gasteiger partial charge in [-0.15, -0.1) is 0 Å². The van der Waals surface area contributed by atoms with Gasteiger partial charge in [-0.05, 0) is 43.1 Å². The summed E-state index contributed by atoms with van der Waals surface area (Å²) < 4.78 is 6.08. The van der Waals surface area contributed by atoms with E-state index in [0.29, 0.717) is 12.3 Å². The van der Waals surface area contributed by atoms with Crippen LogP contribution in [-0.2, 0) is 16.1 Å². The van der Waals surface area contributed by atoms with Gasteiger partial charge >= 0.3 is 5.97 Å². The summed E-state index contributed by atoms with van der Waals surface area (Å²) in [6.07, 6.45) is 8.64. The summed E-state index contributed by atoms with van der Waals surface area (Å²) in [5.74, 6) is 0.852. The molecule has 0 saturated carbocycles. The average Bonchev–Trinajstić information content (AvgIpc) is 3.21. The number of hydrogen-bond donors (Lipinski definition) is 1. The number of carbonyl (C=O) groups is 1. The largest absolute Gasteiger partial charge is 0.481 e. The van der Waals surface area contributed by atoms with Gasteiger partial charge in [-0.3, -0.25) is 4.79 Å². The van der Waals surface area contributed by atoms with E-state index in [-0.39, 0.29) is 0 Å². The van der Waals surface area contributed by atoms with Crippen LogP contribution in [-0.4, -0.2) is 28.2 Å². The van der Waals surface area contributed by atoms with Crippen molar-refractivity contribution < 1.29 is 14.6 Å². The second-order valence-corrected chi connectivity index (χ2v) is 8.95. The van der Waals surface area contributed by atoms with Gasteiger partial charge in [-0.25, -0.2) is 0 Å². The smallest absolute Gasteiger partial charge is 0.303 e. The number of thioether (sulfide) groups is 1. The average molecular weight is 363 g/mol. The zero-order valence-electron chi connectivity index (χ0n) is 14.9. The van der Waals surface area contributed by atoms with Crippen molar-refractivity contribution in [3.63, 3.8) is 0 Å². The first kappa shape index (κ1) is 18.8. The molecule has 0 amide bonds. The Morgan fingerprint density at radius 1 is 1.04 bits per heavy atom. The van der Waals surface area contributed by atoms with Crippen molar-refractivity contribution in [3.05, 3.63) is 35.9 Å². The van der Waals surface area contributed by atoms with Crippen LogP contribution in [0.5, 0.6) is 0 Å². The van der Waals surface area contributed by atoms with Crippen molar-refractivity contribution in [2.45, 2.75) is 68.5 Å². The topological polar surface area (TPSA) is 46.5 Å². The van der Waals surface area contributed by atoms with Crippen LogP contribution in [0, 0.1) is 11.8 Å². The summed E-state index contributed by atoms with van der Waals surface area (Å²) in [6, 6.07) is 10.4. The van der Waals surface area contributed by atoms with Crippen LogP contribution in [0.1, 0.15) is 56.9 Å². The Morgan fingerprint density at radius 2 is 1.76 bits per heavy atom. The molecule has 2 saturated heterocycles. The molecule has 25 heavy (non-hydrogen) atoms. The lowest BCUT2D eigenvalue weighted by Gasteiger charge is -2.29. The number of carboxylic acid groups (broad SMARTS) is 1. The number of unbranched alkanes of at least 4 members (excludes halogenated alkanes) is 3. The van der Waals surface area contributed by atoms with E-state index in [1.54, 1.807) is 0 Å². The van der Waals surface area contributed by atoms with Crippen molar-refractivity contribution in [2.24, 2.45) is 11.8 Å². The Hall–Kier alpha value is -1.00. The first-order valence-corrected chi connectivity index (χ1v) is 10.7. The summed E-state index contributed by atoms with van der Waals surface area (Å²) in [4.78, 5) is 10.6. The van der Waals surface area contributed by atoms with E-state index >= 15 is 0 Å². The number of hydrogen-bond acceptors (Lipinski definition) is 3. The second-order valence-electron chi connectivity index (χ2n) is 7.47. The molecule has 1 N–H and O–H groups in total. The molecule has 2 aliphatic heterocycles. The standard InChI is InChI=1S/C21H30O3S/c22-21(23)11-7-2-1-6-10-17-18(20-13-12-19(17)25-20)15-24-14-16-8-4-3-5-9-16/h3-5,8-9,17-20H,1-2,6-7,10-15H2,(H,22,23). The van der Waals surface area contributed by atoms with Crippen LogP contribution >= 0.6 is 11.8 Å². The molecular weight excluding hydrogens is 332 g/mol. The SMILES string of the molecule is O=C(O)CCCCCCC1C2CCC(S2)C1COCc1ccccc1. The van der Waals surface area contributed by atoms with E-state index in [9.17, 15) is 4.79 Å². The lowest BCUT2D eigenvalue weighted by Crippen LogP contribution is -2.30. The van der Waals surface area contributed by atoms with E-state index in [1.165, 1.54) is 37.7 Å². The Balaban J connectivity index is 1.38. The molecular formula is C21H30O3S. The maximum absolute atomic E-state index is 10.6. The molecule has 2 aliphatic rings. The third-order valence-corrected chi connectivity index (χ3v) is 7.56. The molecule has 2 bridgehead atoms. The van der Waals surface area contributed by atoms with Gasteiger partial charge < -0.3 is 9.84 Å². The minimum absolute atomic E-state index is 0.319.